The van der Waals surface area contributed by atoms with Crippen molar-refractivity contribution >= 4 is 40.3 Å². The van der Waals surface area contributed by atoms with Crippen molar-refractivity contribution in [2.45, 2.75) is 18.1 Å². The van der Waals surface area contributed by atoms with Gasteiger partial charge in [0.25, 0.3) is 0 Å². The molecule has 0 N–H and O–H groups in total. The van der Waals surface area contributed by atoms with E-state index in [-0.39, 0.29) is 17.0 Å². The summed E-state index contributed by atoms with van der Waals surface area (Å²) >= 11 is 7.97. The first-order valence-corrected chi connectivity index (χ1v) is 9.31. The predicted octanol–water partition coefficient (Wildman–Crippen LogP) is 5.17. The molecule has 1 aliphatic rings. The van der Waals surface area contributed by atoms with Gasteiger partial charge in [-0.3, -0.25) is 0 Å². The first-order valence-electron chi connectivity index (χ1n) is 7.94. The largest absolute Gasteiger partial charge is 0.497 e. The van der Waals surface area contributed by atoms with Crippen molar-refractivity contribution < 1.29 is 9.30 Å². The van der Waals surface area contributed by atoms with Crippen LogP contribution in [0.1, 0.15) is 6.42 Å². The number of aromatic nitrogens is 2. The van der Waals surface area contributed by atoms with Crippen LogP contribution < -0.4 is 9.30 Å². The van der Waals surface area contributed by atoms with Crippen LogP contribution in [0.3, 0.4) is 0 Å². The number of hydrogen-bond donors (Lipinski definition) is 0. The van der Waals surface area contributed by atoms with Crippen molar-refractivity contribution in [3.05, 3.63) is 59.8 Å². The fourth-order valence-corrected chi connectivity index (χ4v) is 4.23. The number of fused-ring (bicyclic) bond motifs is 1. The fraction of sp³-hybridized carbons (Fsp3) is 0.211. The van der Waals surface area contributed by atoms with Gasteiger partial charge < -0.3 is 4.74 Å². The quantitative estimate of drug-likeness (QED) is 0.525. The van der Waals surface area contributed by atoms with Crippen LogP contribution in [0, 0.1) is 0 Å². The molecule has 0 spiro atoms. The Labute approximate surface area is 167 Å². The van der Waals surface area contributed by atoms with Crippen molar-refractivity contribution in [2.75, 3.05) is 12.9 Å². The average Bonchev–Trinajstić information content (AvgIpc) is 3.02. The van der Waals surface area contributed by atoms with Gasteiger partial charge in [-0.25, -0.2) is 4.57 Å². The molecule has 2 aromatic carbocycles. The normalized spacial score (nSPS) is 13.0. The first-order chi connectivity index (χ1) is 11.8. The molecule has 0 amide bonds. The van der Waals surface area contributed by atoms with Gasteiger partial charge in [0.05, 0.1) is 13.7 Å². The van der Waals surface area contributed by atoms with E-state index in [1.807, 2.05) is 36.0 Å². The molecule has 4 rings (SSSR count). The molecule has 3 nitrogen and oxygen atoms in total. The van der Waals surface area contributed by atoms with Crippen molar-refractivity contribution in [3.8, 4) is 22.7 Å². The highest BCUT2D eigenvalue weighted by Gasteiger charge is 2.28. The lowest BCUT2D eigenvalue weighted by atomic mass is 10.1. The van der Waals surface area contributed by atoms with Crippen molar-refractivity contribution in [3.63, 3.8) is 0 Å². The molecule has 3 aromatic rings. The van der Waals surface area contributed by atoms with Gasteiger partial charge in [-0.15, -0.1) is 17.0 Å². The van der Waals surface area contributed by atoms with Gasteiger partial charge in [-0.2, -0.15) is 4.57 Å². The molecule has 6 heteroatoms. The molecule has 0 saturated heterocycles. The third-order valence-corrected chi connectivity index (χ3v) is 5.62. The topological polar surface area (TPSA) is 18.0 Å². The lowest BCUT2D eigenvalue weighted by Gasteiger charge is -2.10. The Hall–Kier alpha value is -1.43. The summed E-state index contributed by atoms with van der Waals surface area (Å²) in [5.41, 5.74) is 3.49. The Morgan fingerprint density at radius 2 is 1.80 bits per heavy atom. The Kier molecular flexibility index (Phi) is 5.77. The third-order valence-electron chi connectivity index (χ3n) is 4.20. The minimum absolute atomic E-state index is 0. The van der Waals surface area contributed by atoms with E-state index in [1.165, 1.54) is 17.3 Å². The number of ether oxygens (including phenoxy) is 1. The number of benzene rings is 2. The Bertz CT molecular complexity index is 862. The van der Waals surface area contributed by atoms with Crippen LogP contribution in [0.4, 0.5) is 0 Å². The summed E-state index contributed by atoms with van der Waals surface area (Å²) in [7, 11) is 1.69. The highest BCUT2D eigenvalue weighted by atomic mass is 79.9. The second kappa shape index (κ2) is 7.85. The molecule has 0 atom stereocenters. The summed E-state index contributed by atoms with van der Waals surface area (Å²) in [6.45, 7) is 1.06. The number of aryl methyl sites for hydroxylation is 1. The highest BCUT2D eigenvalue weighted by Crippen LogP contribution is 2.32. The van der Waals surface area contributed by atoms with Gasteiger partial charge in [0, 0.05) is 16.3 Å². The van der Waals surface area contributed by atoms with Gasteiger partial charge in [0.1, 0.15) is 17.6 Å². The van der Waals surface area contributed by atoms with E-state index in [9.17, 15) is 0 Å². The van der Waals surface area contributed by atoms with Crippen LogP contribution in [0.25, 0.3) is 16.9 Å². The minimum Gasteiger partial charge on any atom is -0.497 e. The number of imidazole rings is 1. The van der Waals surface area contributed by atoms with Crippen LogP contribution in [-0.2, 0) is 6.54 Å². The van der Waals surface area contributed by atoms with Crippen LogP contribution in [0.15, 0.2) is 59.9 Å². The van der Waals surface area contributed by atoms with E-state index in [4.69, 9.17) is 16.3 Å². The summed E-state index contributed by atoms with van der Waals surface area (Å²) in [6, 6.07) is 16.3. The molecule has 0 bridgehead atoms. The monoisotopic (exact) mass is 437 g/mol. The molecule has 2 heterocycles. The number of thioether (sulfide) groups is 1. The van der Waals surface area contributed by atoms with E-state index in [1.54, 1.807) is 7.11 Å². The van der Waals surface area contributed by atoms with Gasteiger partial charge in [-0.1, -0.05) is 11.6 Å². The van der Waals surface area contributed by atoms with E-state index in [2.05, 4.69) is 39.6 Å². The lowest BCUT2D eigenvalue weighted by Crippen LogP contribution is -2.37. The highest BCUT2D eigenvalue weighted by molar-refractivity contribution is 8.93. The fourth-order valence-electron chi connectivity index (χ4n) is 3.00. The molecule has 25 heavy (non-hydrogen) atoms. The third kappa shape index (κ3) is 3.59. The lowest BCUT2D eigenvalue weighted by molar-refractivity contribution is -0.734. The van der Waals surface area contributed by atoms with E-state index >= 15 is 0 Å². The number of methoxy groups -OCH3 is 1. The van der Waals surface area contributed by atoms with Crippen molar-refractivity contribution in [2.24, 2.45) is 0 Å². The predicted molar refractivity (Wildman–Crippen MR) is 109 cm³/mol. The van der Waals surface area contributed by atoms with Crippen LogP contribution >= 0.6 is 40.3 Å². The Morgan fingerprint density at radius 1 is 1.08 bits per heavy atom. The molecule has 0 radical (unpaired) electrons. The van der Waals surface area contributed by atoms with Crippen LogP contribution in [0.5, 0.6) is 5.75 Å². The van der Waals surface area contributed by atoms with Crippen LogP contribution in [-0.4, -0.2) is 17.4 Å². The van der Waals surface area contributed by atoms with Gasteiger partial charge in [0.2, 0.25) is 0 Å². The number of nitrogens with zero attached hydrogens (tertiary/aromatic N) is 2. The summed E-state index contributed by atoms with van der Waals surface area (Å²) in [6.07, 6.45) is 3.45. The summed E-state index contributed by atoms with van der Waals surface area (Å²) in [5, 5.41) is 2.03. The van der Waals surface area contributed by atoms with Crippen molar-refractivity contribution in [1.82, 2.24) is 4.57 Å². The second-order valence-electron chi connectivity index (χ2n) is 5.73. The maximum atomic E-state index is 6.06. The zero-order valence-electron chi connectivity index (χ0n) is 13.8. The molecule has 0 aliphatic carbocycles. The number of halogens is 2. The molecule has 0 fully saturated rings. The van der Waals surface area contributed by atoms with E-state index < -0.39 is 0 Å². The maximum absolute atomic E-state index is 6.06. The van der Waals surface area contributed by atoms with Crippen LogP contribution in [0.2, 0.25) is 5.02 Å². The number of rotatable bonds is 3. The summed E-state index contributed by atoms with van der Waals surface area (Å²) in [5.74, 6) is 2.02. The number of hydrogen-bond acceptors (Lipinski definition) is 2. The minimum atomic E-state index is 0. The molecular weight excluding hydrogens is 420 g/mol. The van der Waals surface area contributed by atoms with E-state index in [0.717, 1.165) is 34.3 Å². The van der Waals surface area contributed by atoms with Gasteiger partial charge in [0.15, 0.2) is 5.69 Å². The molecule has 0 unspecified atom stereocenters. The zero-order valence-corrected chi connectivity index (χ0v) is 17.1. The standard InChI is InChI=1S/C19H18ClN2OS.BrH/c1-23-17-9-7-16(8-10-17)22-18(14-3-5-15(20)6-4-14)13-21-11-2-12-24-19(21)22;/h3-10,13H,2,11-12H2,1H3;1H/q+1;. The van der Waals surface area contributed by atoms with E-state index in [0.29, 0.717) is 0 Å². The van der Waals surface area contributed by atoms with Crippen molar-refractivity contribution in [1.29, 1.82) is 0 Å². The van der Waals surface area contributed by atoms with Gasteiger partial charge in [-0.05, 0) is 66.7 Å². The van der Waals surface area contributed by atoms with Gasteiger partial charge >= 0.3 is 5.16 Å². The second-order valence-corrected chi connectivity index (χ2v) is 7.23. The molecule has 1 aliphatic heterocycles. The Balaban J connectivity index is 0.00000182. The maximum Gasteiger partial charge on any atom is 0.323 e. The average molecular weight is 439 g/mol. The molecule has 1 aromatic heterocycles. The molecule has 130 valence electrons. The smallest absolute Gasteiger partial charge is 0.323 e. The Morgan fingerprint density at radius 3 is 2.48 bits per heavy atom. The molecular formula is C19H19BrClN2OS+. The summed E-state index contributed by atoms with van der Waals surface area (Å²) in [4.78, 5) is 0. The SMILES string of the molecule is Br.COc1ccc(-n2c(-c3ccc(Cl)cc3)c[n+]3c2SCCC3)cc1. The zero-order chi connectivity index (χ0) is 16.5. The molecule has 0 saturated carbocycles. The first kappa shape index (κ1) is 18.4. The summed E-state index contributed by atoms with van der Waals surface area (Å²) < 4.78 is 9.97.